The minimum atomic E-state index is -1.12. The van der Waals surface area contributed by atoms with Crippen molar-refractivity contribution in [3.63, 3.8) is 0 Å². The quantitative estimate of drug-likeness (QED) is 0.726. The number of allylic oxidation sites excluding steroid dienone is 1. The van der Waals surface area contributed by atoms with Gasteiger partial charge in [0.15, 0.2) is 5.78 Å². The fraction of sp³-hybridized carbons (Fsp3) is 0.357. The average molecular weight is 298 g/mol. The van der Waals surface area contributed by atoms with Crippen LogP contribution in [0.3, 0.4) is 0 Å². The molecule has 1 aromatic rings. The van der Waals surface area contributed by atoms with Crippen LogP contribution in [0.2, 0.25) is 0 Å². The molecule has 0 aromatic heterocycles. The molecule has 0 saturated heterocycles. The van der Waals surface area contributed by atoms with E-state index in [2.05, 4.69) is 0 Å². The van der Waals surface area contributed by atoms with Crippen molar-refractivity contribution in [3.05, 3.63) is 46.2 Å². The van der Waals surface area contributed by atoms with Crippen LogP contribution < -0.4 is 0 Å². The number of methoxy groups -OCH3 is 1. The number of hydrogen-bond donors (Lipinski definition) is 0. The predicted molar refractivity (Wildman–Crippen MR) is 81.5 cm³/mol. The highest BCUT2D eigenvalue weighted by Crippen LogP contribution is 2.22. The van der Waals surface area contributed by atoms with Gasteiger partial charge in [-0.3, -0.25) is 9.00 Å². The zero-order valence-electron chi connectivity index (χ0n) is 11.3. The summed E-state index contributed by atoms with van der Waals surface area (Å²) < 4.78 is 17.3. The molecule has 0 saturated carbocycles. The molecule has 0 heterocycles. The van der Waals surface area contributed by atoms with Crippen molar-refractivity contribution in [1.82, 2.24) is 0 Å². The number of carbonyl (C=O) groups excluding carboxylic acids is 1. The highest BCUT2D eigenvalue weighted by Gasteiger charge is 2.15. The Morgan fingerprint density at radius 1 is 1.42 bits per heavy atom. The number of rotatable bonds is 7. The van der Waals surface area contributed by atoms with Gasteiger partial charge in [-0.05, 0) is 11.8 Å². The van der Waals surface area contributed by atoms with Crippen molar-refractivity contribution >= 4 is 28.3 Å². The molecule has 0 N–H and O–H groups in total. The zero-order chi connectivity index (χ0) is 14.3. The van der Waals surface area contributed by atoms with Gasteiger partial charge in [0.2, 0.25) is 0 Å². The molecule has 0 aliphatic heterocycles. The number of carbonyl (C=O) groups is 1. The summed E-state index contributed by atoms with van der Waals surface area (Å²) >= 11 is 1.34. The minimum Gasteiger partial charge on any atom is -0.376 e. The summed E-state index contributed by atoms with van der Waals surface area (Å²) in [4.78, 5) is 12.0. The number of ketones is 1. The second-order valence-corrected chi connectivity index (χ2v) is 6.38. The molecule has 2 unspecified atom stereocenters. The van der Waals surface area contributed by atoms with E-state index in [9.17, 15) is 9.00 Å². The highest BCUT2D eigenvalue weighted by atomic mass is 32.2. The maximum atomic E-state index is 12.0. The van der Waals surface area contributed by atoms with E-state index in [1.807, 2.05) is 36.6 Å². The van der Waals surface area contributed by atoms with E-state index in [0.717, 1.165) is 5.56 Å². The molecule has 1 aromatic carbocycles. The van der Waals surface area contributed by atoms with Crippen molar-refractivity contribution in [2.24, 2.45) is 0 Å². The summed E-state index contributed by atoms with van der Waals surface area (Å²) in [5.41, 5.74) is 0.968. The molecule has 19 heavy (non-hydrogen) atoms. The highest BCUT2D eigenvalue weighted by molar-refractivity contribution is 8.15. The lowest BCUT2D eigenvalue weighted by Gasteiger charge is -2.14. The van der Waals surface area contributed by atoms with Gasteiger partial charge in [0.05, 0.1) is 21.1 Å². The van der Waals surface area contributed by atoms with Crippen molar-refractivity contribution in [2.45, 2.75) is 12.5 Å². The lowest BCUT2D eigenvalue weighted by Crippen LogP contribution is -2.08. The Morgan fingerprint density at radius 2 is 2.05 bits per heavy atom. The van der Waals surface area contributed by atoms with Crippen LogP contribution in [0, 0.1) is 0 Å². The first kappa shape index (κ1) is 16.1. The van der Waals surface area contributed by atoms with Gasteiger partial charge in [0.25, 0.3) is 0 Å². The maximum absolute atomic E-state index is 12.0. The third-order valence-electron chi connectivity index (χ3n) is 2.61. The summed E-state index contributed by atoms with van der Waals surface area (Å²) in [6, 6.07) is 9.60. The van der Waals surface area contributed by atoms with Crippen LogP contribution in [0.15, 0.2) is 40.6 Å². The summed E-state index contributed by atoms with van der Waals surface area (Å²) in [5, 5.41) is 0. The van der Waals surface area contributed by atoms with Crippen molar-refractivity contribution in [3.8, 4) is 0 Å². The zero-order valence-corrected chi connectivity index (χ0v) is 12.9. The Labute approximate surface area is 120 Å². The van der Waals surface area contributed by atoms with E-state index in [0.29, 0.717) is 4.24 Å². The second kappa shape index (κ2) is 8.30. The second-order valence-electron chi connectivity index (χ2n) is 3.93. The molecule has 0 aliphatic carbocycles. The lowest BCUT2D eigenvalue weighted by molar-refractivity contribution is -0.117. The molecule has 104 valence electrons. The van der Waals surface area contributed by atoms with Crippen molar-refractivity contribution < 1.29 is 13.7 Å². The lowest BCUT2D eigenvalue weighted by atomic mass is 10.0. The summed E-state index contributed by atoms with van der Waals surface area (Å²) in [6.45, 7) is 0. The monoisotopic (exact) mass is 298 g/mol. The van der Waals surface area contributed by atoms with Gasteiger partial charge in [-0.1, -0.05) is 30.3 Å². The molecule has 0 amide bonds. The number of hydrogen-bond acceptors (Lipinski definition) is 4. The Kier molecular flexibility index (Phi) is 7.05. The molecule has 1 rings (SSSR count). The first-order valence-electron chi connectivity index (χ1n) is 5.78. The molecule has 3 nitrogen and oxygen atoms in total. The molecular weight excluding hydrogens is 280 g/mol. The molecule has 0 radical (unpaired) electrons. The SMILES string of the molecule is COC(CC(=O)/C=C(\SC)S(C)=O)c1ccccc1. The van der Waals surface area contributed by atoms with E-state index < -0.39 is 10.8 Å². The predicted octanol–water partition coefficient (Wildman–Crippen LogP) is 2.92. The third kappa shape index (κ3) is 5.30. The molecule has 0 aliphatic rings. The Balaban J connectivity index is 2.77. The summed E-state index contributed by atoms with van der Waals surface area (Å²) in [7, 11) is 0.463. The fourth-order valence-electron chi connectivity index (χ4n) is 1.64. The van der Waals surface area contributed by atoms with Gasteiger partial charge < -0.3 is 4.74 Å². The normalized spacial score (nSPS) is 15.0. The van der Waals surface area contributed by atoms with E-state index in [1.165, 1.54) is 17.8 Å². The fourth-order valence-corrected chi connectivity index (χ4v) is 3.12. The molecular formula is C14H18O3S2. The number of thioether (sulfide) groups is 1. The largest absolute Gasteiger partial charge is 0.376 e. The van der Waals surface area contributed by atoms with Crippen LogP contribution in [0.1, 0.15) is 18.1 Å². The van der Waals surface area contributed by atoms with Gasteiger partial charge in [-0.25, -0.2) is 0 Å². The third-order valence-corrected chi connectivity index (χ3v) is 5.01. The summed E-state index contributed by atoms with van der Waals surface area (Å²) in [5.74, 6) is -0.0738. The van der Waals surface area contributed by atoms with E-state index in [4.69, 9.17) is 4.74 Å². The molecule has 2 atom stereocenters. The maximum Gasteiger partial charge on any atom is 0.160 e. The van der Waals surface area contributed by atoms with Gasteiger partial charge in [0, 0.05) is 25.9 Å². The van der Waals surface area contributed by atoms with E-state index in [1.54, 1.807) is 13.4 Å². The van der Waals surface area contributed by atoms with Gasteiger partial charge >= 0.3 is 0 Å². The smallest absolute Gasteiger partial charge is 0.160 e. The van der Waals surface area contributed by atoms with Crippen LogP contribution in [0.25, 0.3) is 0 Å². The van der Waals surface area contributed by atoms with Crippen molar-refractivity contribution in [1.29, 1.82) is 0 Å². The molecule has 0 fully saturated rings. The van der Waals surface area contributed by atoms with E-state index >= 15 is 0 Å². The Hall–Kier alpha value is -0.910. The average Bonchev–Trinajstić information content (AvgIpc) is 2.42. The van der Waals surface area contributed by atoms with Gasteiger partial charge in [-0.2, -0.15) is 0 Å². The summed E-state index contributed by atoms with van der Waals surface area (Å²) in [6.07, 6.45) is 4.82. The van der Waals surface area contributed by atoms with Gasteiger partial charge in [0.1, 0.15) is 0 Å². The van der Waals surface area contributed by atoms with E-state index in [-0.39, 0.29) is 18.3 Å². The number of ether oxygens (including phenoxy) is 1. The first-order valence-corrected chi connectivity index (χ1v) is 8.56. The first-order chi connectivity index (χ1) is 9.08. The van der Waals surface area contributed by atoms with Crippen molar-refractivity contribution in [2.75, 3.05) is 19.6 Å². The Bertz CT molecular complexity index is 469. The topological polar surface area (TPSA) is 43.4 Å². The van der Waals surface area contributed by atoms with Crippen LogP contribution >= 0.6 is 11.8 Å². The standard InChI is InChI=1S/C14H18O3S2/c1-17-13(11-7-5-4-6-8-11)9-12(15)10-14(18-2)19(3)16/h4-8,10,13H,9H2,1-3H3/b14-10+. The molecule has 5 heteroatoms. The Morgan fingerprint density at radius 3 is 2.53 bits per heavy atom. The molecule has 0 spiro atoms. The molecule has 0 bridgehead atoms. The minimum absolute atomic E-state index is 0.0738. The van der Waals surface area contributed by atoms with Crippen LogP contribution in [-0.4, -0.2) is 29.6 Å². The van der Waals surface area contributed by atoms with Gasteiger partial charge in [-0.15, -0.1) is 11.8 Å². The van der Waals surface area contributed by atoms with Crippen LogP contribution in [-0.2, 0) is 20.3 Å². The number of benzene rings is 1. The van der Waals surface area contributed by atoms with Crippen LogP contribution in [0.5, 0.6) is 0 Å². The van der Waals surface area contributed by atoms with Crippen LogP contribution in [0.4, 0.5) is 0 Å².